The molecule has 2 heterocycles. The average Bonchev–Trinajstić information content (AvgIpc) is 2.56. The molecule has 0 fully saturated rings. The number of hydrogen-bond acceptors (Lipinski definition) is 3. The van der Waals surface area contributed by atoms with Gasteiger partial charge in [0.05, 0.1) is 17.2 Å². The van der Waals surface area contributed by atoms with Crippen LogP contribution in [0.3, 0.4) is 0 Å². The Morgan fingerprint density at radius 2 is 1.57 bits per heavy atom. The van der Waals surface area contributed by atoms with Gasteiger partial charge in [0.25, 0.3) is 0 Å². The summed E-state index contributed by atoms with van der Waals surface area (Å²) in [6.45, 7) is 0. The molecule has 0 N–H and O–H groups in total. The highest BCUT2D eigenvalue weighted by Gasteiger charge is 1.95. The van der Waals surface area contributed by atoms with Gasteiger partial charge in [-0.1, -0.05) is 36.4 Å². The second kappa shape index (κ2) is 6.01. The van der Waals surface area contributed by atoms with E-state index in [4.69, 9.17) is 4.42 Å². The molecule has 102 valence electrons. The van der Waals surface area contributed by atoms with Crippen molar-refractivity contribution < 1.29 is 4.42 Å². The summed E-state index contributed by atoms with van der Waals surface area (Å²) >= 11 is 0. The number of hydrogen-bond donors (Lipinski definition) is 0. The Kier molecular flexibility index (Phi) is 3.74. The van der Waals surface area contributed by atoms with Crippen LogP contribution in [0.25, 0.3) is 21.9 Å². The zero-order chi connectivity index (χ0) is 14.5. The Labute approximate surface area is 121 Å². The van der Waals surface area contributed by atoms with Crippen LogP contribution in [0.1, 0.15) is 0 Å². The molecule has 0 aliphatic heterocycles. The number of pyridine rings is 1. The van der Waals surface area contributed by atoms with Crippen molar-refractivity contribution in [1.29, 1.82) is 0 Å². The molecule has 3 heteroatoms. The molecule has 3 nitrogen and oxygen atoms in total. The highest BCUT2D eigenvalue weighted by Crippen LogP contribution is 2.08. The molecule has 0 aliphatic rings. The maximum absolute atomic E-state index is 11.1. The molecule has 0 spiro atoms. The first-order chi connectivity index (χ1) is 10.3. The van der Waals surface area contributed by atoms with Crippen LogP contribution in [-0.2, 0) is 0 Å². The fraction of sp³-hybridized carbons (Fsp3) is 0. The van der Waals surface area contributed by atoms with Crippen molar-refractivity contribution in [3.05, 3.63) is 89.4 Å². The number of aromatic nitrogens is 1. The van der Waals surface area contributed by atoms with Crippen LogP contribution < -0.4 is 5.43 Å². The van der Waals surface area contributed by atoms with Gasteiger partial charge in [-0.3, -0.25) is 9.78 Å². The lowest BCUT2D eigenvalue weighted by Crippen LogP contribution is -1.96. The van der Waals surface area contributed by atoms with Gasteiger partial charge in [-0.15, -0.1) is 0 Å². The number of rotatable bonds is 0. The summed E-state index contributed by atoms with van der Waals surface area (Å²) < 4.78 is 5.09. The minimum absolute atomic E-state index is 0.00634. The van der Waals surface area contributed by atoms with E-state index in [0.717, 1.165) is 5.52 Å². The zero-order valence-corrected chi connectivity index (χ0v) is 11.3. The van der Waals surface area contributed by atoms with Gasteiger partial charge in [0.15, 0.2) is 5.43 Å². The standard InChI is InChI=1S/C9H7N.C9H6O2/c1-2-6-9-8(4-1)5-3-7-10-9;10-8-5-6-11-9-4-2-1-3-7(8)9/h1-7H;1-6H. The van der Waals surface area contributed by atoms with Crippen molar-refractivity contribution in [3.8, 4) is 0 Å². The Bertz CT molecular complexity index is 858. The summed E-state index contributed by atoms with van der Waals surface area (Å²) in [5.41, 5.74) is 1.71. The molecule has 0 bridgehead atoms. The third-order valence-electron chi connectivity index (χ3n) is 3.08. The quantitative estimate of drug-likeness (QED) is 0.486. The minimum Gasteiger partial charge on any atom is -0.464 e. The van der Waals surface area contributed by atoms with Crippen molar-refractivity contribution in [2.75, 3.05) is 0 Å². The second-order valence-electron chi connectivity index (χ2n) is 4.48. The van der Waals surface area contributed by atoms with E-state index in [2.05, 4.69) is 17.1 Å². The van der Waals surface area contributed by atoms with Crippen LogP contribution in [-0.4, -0.2) is 4.98 Å². The molecule has 4 rings (SSSR count). The predicted molar refractivity (Wildman–Crippen MR) is 84.2 cm³/mol. The maximum atomic E-state index is 11.1. The van der Waals surface area contributed by atoms with Crippen molar-refractivity contribution in [2.24, 2.45) is 0 Å². The number of fused-ring (bicyclic) bond motifs is 2. The molecule has 4 aromatic rings. The maximum Gasteiger partial charge on any atom is 0.192 e. The van der Waals surface area contributed by atoms with Crippen LogP contribution >= 0.6 is 0 Å². The van der Waals surface area contributed by atoms with Gasteiger partial charge >= 0.3 is 0 Å². The normalized spacial score (nSPS) is 10.1. The molecule has 21 heavy (non-hydrogen) atoms. The van der Waals surface area contributed by atoms with E-state index in [1.807, 2.05) is 42.6 Å². The number of nitrogens with zero attached hydrogens (tertiary/aromatic N) is 1. The van der Waals surface area contributed by atoms with Crippen LogP contribution in [0.4, 0.5) is 0 Å². The number of benzene rings is 2. The van der Waals surface area contributed by atoms with Crippen LogP contribution in [0.2, 0.25) is 0 Å². The molecule has 0 saturated carbocycles. The topological polar surface area (TPSA) is 43.1 Å². The van der Waals surface area contributed by atoms with Gasteiger partial charge in [-0.2, -0.15) is 0 Å². The van der Waals surface area contributed by atoms with Crippen molar-refractivity contribution in [2.45, 2.75) is 0 Å². The summed E-state index contributed by atoms with van der Waals surface area (Å²) in [7, 11) is 0. The minimum atomic E-state index is 0.00634. The van der Waals surface area contributed by atoms with E-state index in [1.54, 1.807) is 12.1 Å². The first-order valence-electron chi connectivity index (χ1n) is 6.61. The molecular weight excluding hydrogens is 262 g/mol. The molecule has 0 atom stereocenters. The van der Waals surface area contributed by atoms with E-state index < -0.39 is 0 Å². The molecule has 0 radical (unpaired) electrons. The summed E-state index contributed by atoms with van der Waals surface area (Å²) in [6.07, 6.45) is 3.22. The van der Waals surface area contributed by atoms with Crippen LogP contribution in [0, 0.1) is 0 Å². The summed E-state index contributed by atoms with van der Waals surface area (Å²) in [4.78, 5) is 15.3. The van der Waals surface area contributed by atoms with E-state index >= 15 is 0 Å². The van der Waals surface area contributed by atoms with Crippen molar-refractivity contribution >= 4 is 21.9 Å². The third-order valence-corrected chi connectivity index (χ3v) is 3.08. The Balaban J connectivity index is 0.000000126. The Hall–Kier alpha value is -2.94. The SMILES string of the molecule is O=c1ccoc2ccccc12.c1ccc2ncccc2c1. The molecule has 0 amide bonds. The van der Waals surface area contributed by atoms with Crippen molar-refractivity contribution in [1.82, 2.24) is 4.98 Å². The molecule has 0 unspecified atom stereocenters. The average molecular weight is 275 g/mol. The van der Waals surface area contributed by atoms with Gasteiger partial charge in [-0.05, 0) is 24.3 Å². The Morgan fingerprint density at radius 1 is 0.810 bits per heavy atom. The van der Waals surface area contributed by atoms with Gasteiger partial charge in [-0.25, -0.2) is 0 Å². The molecule has 2 aromatic heterocycles. The van der Waals surface area contributed by atoms with E-state index in [9.17, 15) is 4.79 Å². The van der Waals surface area contributed by atoms with Crippen LogP contribution in [0.15, 0.2) is 88.4 Å². The van der Waals surface area contributed by atoms with Crippen molar-refractivity contribution in [3.63, 3.8) is 0 Å². The van der Waals surface area contributed by atoms with Crippen LogP contribution in [0.5, 0.6) is 0 Å². The molecule has 0 saturated heterocycles. The third kappa shape index (κ3) is 2.98. The van der Waals surface area contributed by atoms with Gasteiger partial charge in [0.1, 0.15) is 5.58 Å². The fourth-order valence-corrected chi connectivity index (χ4v) is 2.05. The van der Waals surface area contributed by atoms with Gasteiger partial charge in [0.2, 0.25) is 0 Å². The first kappa shape index (κ1) is 13.1. The predicted octanol–water partition coefficient (Wildman–Crippen LogP) is 4.03. The largest absolute Gasteiger partial charge is 0.464 e. The number of para-hydroxylation sites is 2. The van der Waals surface area contributed by atoms with E-state index in [0.29, 0.717) is 11.0 Å². The zero-order valence-electron chi connectivity index (χ0n) is 11.3. The smallest absolute Gasteiger partial charge is 0.192 e. The van der Waals surface area contributed by atoms with E-state index in [-0.39, 0.29) is 5.43 Å². The summed E-state index contributed by atoms with van der Waals surface area (Å²) in [5, 5.41) is 1.83. The summed E-state index contributed by atoms with van der Waals surface area (Å²) in [6, 6.07) is 20.7. The highest BCUT2D eigenvalue weighted by atomic mass is 16.3. The molecular formula is C18H13NO2. The lowest BCUT2D eigenvalue weighted by molar-refractivity contribution is 0.602. The van der Waals surface area contributed by atoms with E-state index in [1.165, 1.54) is 17.7 Å². The highest BCUT2D eigenvalue weighted by molar-refractivity contribution is 5.77. The molecule has 0 aliphatic carbocycles. The fourth-order valence-electron chi connectivity index (χ4n) is 2.05. The lowest BCUT2D eigenvalue weighted by atomic mass is 10.2. The summed E-state index contributed by atoms with van der Waals surface area (Å²) in [5.74, 6) is 0. The lowest BCUT2D eigenvalue weighted by Gasteiger charge is -1.91. The Morgan fingerprint density at radius 3 is 2.43 bits per heavy atom. The second-order valence-corrected chi connectivity index (χ2v) is 4.48. The van der Waals surface area contributed by atoms with Gasteiger partial charge < -0.3 is 4.42 Å². The van der Waals surface area contributed by atoms with Gasteiger partial charge in [0, 0.05) is 17.6 Å². The molecule has 2 aromatic carbocycles. The monoisotopic (exact) mass is 275 g/mol. The first-order valence-corrected chi connectivity index (χ1v) is 6.61.